The number of carbonyl (C=O) groups is 1. The fourth-order valence-corrected chi connectivity index (χ4v) is 1.21. The van der Waals surface area contributed by atoms with Gasteiger partial charge in [-0.3, -0.25) is 0 Å². The molecule has 0 fully saturated rings. The minimum Gasteiger partial charge on any atom is -0.512 e. The highest BCUT2D eigenvalue weighted by Crippen LogP contribution is 2.27. The van der Waals surface area contributed by atoms with E-state index in [1.165, 1.54) is 7.11 Å². The van der Waals surface area contributed by atoms with Gasteiger partial charge in [0.2, 0.25) is 0 Å². The van der Waals surface area contributed by atoms with E-state index >= 15 is 0 Å². The molecule has 4 nitrogen and oxygen atoms in total. The molecule has 0 spiro atoms. The lowest BCUT2D eigenvalue weighted by Crippen LogP contribution is -2.21. The summed E-state index contributed by atoms with van der Waals surface area (Å²) in [5, 5.41) is 18.6. The Labute approximate surface area is 76.1 Å². The SMILES string of the molecule is C=C1CC(C(=O)OC)=C(O)CC1O. The van der Waals surface area contributed by atoms with Gasteiger partial charge in [-0.1, -0.05) is 6.58 Å². The second-order valence-electron chi connectivity index (χ2n) is 2.97. The summed E-state index contributed by atoms with van der Waals surface area (Å²) in [6.07, 6.45) is -0.531. The third-order valence-corrected chi connectivity index (χ3v) is 2.04. The Balaban J connectivity index is 2.90. The lowest BCUT2D eigenvalue weighted by molar-refractivity contribution is -0.136. The smallest absolute Gasteiger partial charge is 0.337 e. The number of aliphatic hydroxyl groups excluding tert-OH is 2. The molecule has 1 rings (SSSR count). The summed E-state index contributed by atoms with van der Waals surface area (Å²) in [5.74, 6) is -0.669. The fraction of sp³-hybridized carbons (Fsp3) is 0.444. The highest BCUT2D eigenvalue weighted by atomic mass is 16.5. The summed E-state index contributed by atoms with van der Waals surface area (Å²) < 4.78 is 4.46. The molecule has 4 heteroatoms. The lowest BCUT2D eigenvalue weighted by atomic mass is 9.91. The minimum absolute atomic E-state index is 0.0449. The summed E-state index contributed by atoms with van der Waals surface area (Å²) in [7, 11) is 1.25. The van der Waals surface area contributed by atoms with Gasteiger partial charge in [-0.05, 0) is 5.57 Å². The van der Waals surface area contributed by atoms with E-state index in [9.17, 15) is 15.0 Å². The molecular formula is C9H12O4. The third kappa shape index (κ3) is 1.89. The predicted molar refractivity (Wildman–Crippen MR) is 46.1 cm³/mol. The van der Waals surface area contributed by atoms with Crippen molar-refractivity contribution in [3.63, 3.8) is 0 Å². The molecule has 72 valence electrons. The van der Waals surface area contributed by atoms with Crippen LogP contribution in [0.4, 0.5) is 0 Å². The summed E-state index contributed by atoms with van der Waals surface area (Å²) >= 11 is 0. The summed E-state index contributed by atoms with van der Waals surface area (Å²) in [4.78, 5) is 11.1. The molecule has 0 saturated heterocycles. The van der Waals surface area contributed by atoms with Crippen LogP contribution < -0.4 is 0 Å². The van der Waals surface area contributed by atoms with Crippen LogP contribution >= 0.6 is 0 Å². The topological polar surface area (TPSA) is 66.8 Å². The van der Waals surface area contributed by atoms with Crippen molar-refractivity contribution in [3.8, 4) is 0 Å². The van der Waals surface area contributed by atoms with Crippen LogP contribution in [0.3, 0.4) is 0 Å². The predicted octanol–water partition coefficient (Wildman–Crippen LogP) is 0.682. The molecule has 13 heavy (non-hydrogen) atoms. The van der Waals surface area contributed by atoms with Crippen LogP contribution in [0.2, 0.25) is 0 Å². The molecule has 0 bridgehead atoms. The third-order valence-electron chi connectivity index (χ3n) is 2.04. The van der Waals surface area contributed by atoms with E-state index in [0.717, 1.165) is 0 Å². The number of hydrogen-bond acceptors (Lipinski definition) is 4. The normalized spacial score (nSPS) is 23.2. The molecular weight excluding hydrogens is 172 g/mol. The number of ether oxygens (including phenoxy) is 1. The van der Waals surface area contributed by atoms with Crippen molar-refractivity contribution in [3.05, 3.63) is 23.5 Å². The minimum atomic E-state index is -0.756. The molecule has 0 aromatic carbocycles. The van der Waals surface area contributed by atoms with E-state index < -0.39 is 12.1 Å². The van der Waals surface area contributed by atoms with Gasteiger partial charge in [-0.25, -0.2) is 4.79 Å². The van der Waals surface area contributed by atoms with Crippen molar-refractivity contribution in [1.82, 2.24) is 0 Å². The molecule has 0 saturated carbocycles. The average Bonchev–Trinajstić information content (AvgIpc) is 2.10. The Morgan fingerprint density at radius 3 is 2.85 bits per heavy atom. The van der Waals surface area contributed by atoms with Crippen molar-refractivity contribution in [1.29, 1.82) is 0 Å². The van der Waals surface area contributed by atoms with Crippen molar-refractivity contribution in [2.45, 2.75) is 18.9 Å². The zero-order chi connectivity index (χ0) is 10.0. The van der Waals surface area contributed by atoms with Crippen LogP contribution in [0.5, 0.6) is 0 Å². The van der Waals surface area contributed by atoms with Crippen molar-refractivity contribution < 1.29 is 19.7 Å². The average molecular weight is 184 g/mol. The van der Waals surface area contributed by atoms with E-state index in [0.29, 0.717) is 5.57 Å². The van der Waals surface area contributed by atoms with E-state index in [2.05, 4.69) is 11.3 Å². The number of carbonyl (C=O) groups excluding carboxylic acids is 1. The first-order chi connectivity index (χ1) is 6.06. The lowest BCUT2D eigenvalue weighted by Gasteiger charge is -2.21. The Morgan fingerprint density at radius 1 is 1.69 bits per heavy atom. The number of esters is 1. The number of aliphatic hydroxyl groups is 2. The molecule has 0 aliphatic heterocycles. The van der Waals surface area contributed by atoms with Gasteiger partial charge in [0.1, 0.15) is 5.76 Å². The van der Waals surface area contributed by atoms with Gasteiger partial charge in [0.15, 0.2) is 0 Å². The quantitative estimate of drug-likeness (QED) is 0.464. The molecule has 1 aliphatic rings. The van der Waals surface area contributed by atoms with Crippen LogP contribution in [-0.2, 0) is 9.53 Å². The Bertz CT molecular complexity index is 277. The van der Waals surface area contributed by atoms with E-state index in [-0.39, 0.29) is 24.2 Å². The second-order valence-corrected chi connectivity index (χ2v) is 2.97. The van der Waals surface area contributed by atoms with E-state index in [4.69, 9.17) is 0 Å². The molecule has 1 aliphatic carbocycles. The standard InChI is InChI=1S/C9H12O4/c1-5-3-6(9(12)13-2)8(11)4-7(5)10/h7,10-11H,1,3-4H2,2H3. The highest BCUT2D eigenvalue weighted by Gasteiger charge is 2.26. The summed E-state index contributed by atoms with van der Waals surface area (Å²) in [6.45, 7) is 3.59. The van der Waals surface area contributed by atoms with Gasteiger partial charge in [0.25, 0.3) is 0 Å². The summed E-state index contributed by atoms with van der Waals surface area (Å²) in [5.41, 5.74) is 0.719. The van der Waals surface area contributed by atoms with Crippen LogP contribution in [0, 0.1) is 0 Å². The van der Waals surface area contributed by atoms with Gasteiger partial charge < -0.3 is 14.9 Å². The maximum absolute atomic E-state index is 11.1. The largest absolute Gasteiger partial charge is 0.512 e. The van der Waals surface area contributed by atoms with Crippen molar-refractivity contribution in [2.75, 3.05) is 7.11 Å². The Morgan fingerprint density at radius 2 is 2.31 bits per heavy atom. The molecule has 1 atom stereocenters. The highest BCUT2D eigenvalue weighted by molar-refractivity contribution is 5.89. The molecule has 0 radical (unpaired) electrons. The Hall–Kier alpha value is -1.29. The van der Waals surface area contributed by atoms with E-state index in [1.807, 2.05) is 0 Å². The number of rotatable bonds is 1. The maximum Gasteiger partial charge on any atom is 0.337 e. The number of methoxy groups -OCH3 is 1. The zero-order valence-electron chi connectivity index (χ0n) is 7.41. The van der Waals surface area contributed by atoms with Crippen molar-refractivity contribution >= 4 is 5.97 Å². The molecule has 0 aromatic rings. The van der Waals surface area contributed by atoms with Gasteiger partial charge in [-0.2, -0.15) is 0 Å². The molecule has 0 aromatic heterocycles. The van der Waals surface area contributed by atoms with Crippen molar-refractivity contribution in [2.24, 2.45) is 0 Å². The van der Waals surface area contributed by atoms with Crippen LogP contribution in [0.25, 0.3) is 0 Å². The first-order valence-electron chi connectivity index (χ1n) is 3.91. The van der Waals surface area contributed by atoms with Crippen LogP contribution in [0.15, 0.2) is 23.5 Å². The molecule has 0 amide bonds. The first kappa shape index (κ1) is 9.80. The monoisotopic (exact) mass is 184 g/mol. The van der Waals surface area contributed by atoms with E-state index in [1.54, 1.807) is 0 Å². The molecule has 2 N–H and O–H groups in total. The number of hydrogen-bond donors (Lipinski definition) is 2. The zero-order valence-corrected chi connectivity index (χ0v) is 7.41. The molecule has 1 unspecified atom stereocenters. The van der Waals surface area contributed by atoms with Crippen LogP contribution in [-0.4, -0.2) is 29.4 Å². The maximum atomic E-state index is 11.1. The Kier molecular flexibility index (Phi) is 2.72. The van der Waals surface area contributed by atoms with Crippen LogP contribution in [0.1, 0.15) is 12.8 Å². The summed E-state index contributed by atoms with van der Waals surface area (Å²) in [6, 6.07) is 0. The molecule has 0 heterocycles. The van der Waals surface area contributed by atoms with Gasteiger partial charge in [0.05, 0.1) is 18.8 Å². The fourth-order valence-electron chi connectivity index (χ4n) is 1.21. The first-order valence-corrected chi connectivity index (χ1v) is 3.91. The van der Waals surface area contributed by atoms with Gasteiger partial charge in [0, 0.05) is 12.8 Å². The second kappa shape index (κ2) is 3.62. The van der Waals surface area contributed by atoms with Gasteiger partial charge in [-0.15, -0.1) is 0 Å². The van der Waals surface area contributed by atoms with Gasteiger partial charge >= 0.3 is 5.97 Å².